The summed E-state index contributed by atoms with van der Waals surface area (Å²) in [4.78, 5) is 16.0. The number of hydrogen-bond donors (Lipinski definition) is 1. The predicted octanol–water partition coefficient (Wildman–Crippen LogP) is 1.97. The van der Waals surface area contributed by atoms with Gasteiger partial charge in [-0.25, -0.2) is 0 Å². The highest BCUT2D eigenvalue weighted by atomic mass is 16.7. The molecule has 7 fully saturated rings. The second-order valence-electron chi connectivity index (χ2n) is 8.75. The number of nitrogens with zero attached hydrogens (tertiary/aromatic N) is 1. The SMILES string of the molecule is C/C=C1/CN2C3C[C@@H]1[C@]1(C(=O)OC)C2O[C@H]2C[C@]14c1ccccc1NC34O2. The molecule has 1 aliphatic carbocycles. The van der Waals surface area contributed by atoms with Gasteiger partial charge in [0.05, 0.1) is 18.6 Å². The summed E-state index contributed by atoms with van der Waals surface area (Å²) in [6, 6.07) is 8.57. The molecule has 6 nitrogen and oxygen atoms in total. The van der Waals surface area contributed by atoms with Crippen molar-refractivity contribution in [2.24, 2.45) is 11.3 Å². The van der Waals surface area contributed by atoms with Crippen LogP contribution < -0.4 is 5.32 Å². The van der Waals surface area contributed by atoms with Crippen LogP contribution in [0.4, 0.5) is 5.69 Å². The van der Waals surface area contributed by atoms with Gasteiger partial charge in [-0.1, -0.05) is 29.8 Å². The molecule has 8 aliphatic rings. The number of nitrogens with one attached hydrogen (secondary N) is 1. The summed E-state index contributed by atoms with van der Waals surface area (Å²) in [7, 11) is 1.51. The van der Waals surface area contributed by atoms with Gasteiger partial charge in [0.15, 0.2) is 12.0 Å². The van der Waals surface area contributed by atoms with E-state index in [2.05, 4.69) is 41.4 Å². The summed E-state index contributed by atoms with van der Waals surface area (Å²) >= 11 is 0. The van der Waals surface area contributed by atoms with Crippen molar-refractivity contribution in [1.29, 1.82) is 0 Å². The maximum Gasteiger partial charge on any atom is 0.317 e. The monoisotopic (exact) mass is 366 g/mol. The fraction of sp³-hybridized carbons (Fsp3) is 0.571. The number of anilines is 1. The van der Waals surface area contributed by atoms with E-state index in [0.29, 0.717) is 6.42 Å². The van der Waals surface area contributed by atoms with Gasteiger partial charge >= 0.3 is 5.97 Å². The van der Waals surface area contributed by atoms with Gasteiger partial charge < -0.3 is 19.5 Å². The molecule has 9 rings (SSSR count). The third kappa shape index (κ3) is 1.18. The van der Waals surface area contributed by atoms with Gasteiger partial charge in [-0.05, 0) is 25.0 Å². The third-order valence-electron chi connectivity index (χ3n) is 8.39. The summed E-state index contributed by atoms with van der Waals surface area (Å²) < 4.78 is 18.6. The molecule has 4 unspecified atom stereocenters. The fourth-order valence-corrected chi connectivity index (χ4v) is 7.80. The Morgan fingerprint density at radius 2 is 2.26 bits per heavy atom. The Balaban J connectivity index is 1.63. The minimum atomic E-state index is -0.788. The van der Waals surface area contributed by atoms with Crippen molar-refractivity contribution in [2.45, 2.75) is 49.5 Å². The molecule has 0 radical (unpaired) electrons. The van der Waals surface area contributed by atoms with E-state index >= 15 is 0 Å². The summed E-state index contributed by atoms with van der Waals surface area (Å²) in [6.07, 6.45) is 3.20. The van der Waals surface area contributed by atoms with E-state index in [4.69, 9.17) is 14.2 Å². The Kier molecular flexibility index (Phi) is 2.37. The number of rotatable bonds is 1. The number of esters is 1. The highest BCUT2D eigenvalue weighted by Crippen LogP contribution is 2.79. The second-order valence-corrected chi connectivity index (χ2v) is 8.75. The lowest BCUT2D eigenvalue weighted by Gasteiger charge is -2.73. The zero-order valence-electron chi connectivity index (χ0n) is 15.4. The zero-order valence-corrected chi connectivity index (χ0v) is 15.4. The summed E-state index contributed by atoms with van der Waals surface area (Å²) in [5, 5.41) is 3.74. The first-order valence-corrected chi connectivity index (χ1v) is 9.84. The number of piperidine rings is 4. The summed E-state index contributed by atoms with van der Waals surface area (Å²) in [6.45, 7) is 2.92. The summed E-state index contributed by atoms with van der Waals surface area (Å²) in [5.41, 5.74) is 1.73. The lowest BCUT2D eigenvalue weighted by molar-refractivity contribution is -0.303. The van der Waals surface area contributed by atoms with Crippen molar-refractivity contribution in [1.82, 2.24) is 4.90 Å². The van der Waals surface area contributed by atoms with Crippen molar-refractivity contribution in [3.8, 4) is 0 Å². The van der Waals surface area contributed by atoms with Crippen LogP contribution in [0.3, 0.4) is 0 Å². The van der Waals surface area contributed by atoms with E-state index in [-0.39, 0.29) is 30.4 Å². The van der Waals surface area contributed by atoms with Crippen molar-refractivity contribution in [3.63, 3.8) is 0 Å². The van der Waals surface area contributed by atoms with E-state index in [9.17, 15) is 4.79 Å². The molecule has 1 aromatic carbocycles. The number of ether oxygens (including phenoxy) is 3. The minimum Gasteiger partial charge on any atom is -0.468 e. The molecule has 1 spiro atoms. The van der Waals surface area contributed by atoms with Gasteiger partial charge in [-0.2, -0.15) is 0 Å². The van der Waals surface area contributed by atoms with E-state index in [1.54, 1.807) is 0 Å². The van der Waals surface area contributed by atoms with Crippen LogP contribution in [0.5, 0.6) is 0 Å². The highest BCUT2D eigenvalue weighted by molar-refractivity contribution is 5.87. The molecule has 140 valence electrons. The van der Waals surface area contributed by atoms with Crippen LogP contribution in [0.2, 0.25) is 0 Å². The molecule has 1 N–H and O–H groups in total. The van der Waals surface area contributed by atoms with E-state index in [1.807, 2.05) is 6.07 Å². The Hall–Kier alpha value is -1.89. The number of carbonyl (C=O) groups excluding carboxylic acids is 1. The predicted molar refractivity (Wildman–Crippen MR) is 95.6 cm³/mol. The lowest BCUT2D eigenvalue weighted by atomic mass is 9.39. The maximum absolute atomic E-state index is 13.7. The molecule has 7 bridgehead atoms. The Bertz CT molecular complexity index is 946. The van der Waals surface area contributed by atoms with Crippen LogP contribution >= 0.6 is 0 Å². The molecule has 7 aliphatic heterocycles. The van der Waals surface area contributed by atoms with E-state index < -0.39 is 16.6 Å². The summed E-state index contributed by atoms with van der Waals surface area (Å²) in [5.74, 6) is -0.0368. The average Bonchev–Trinajstić information content (AvgIpc) is 3.11. The van der Waals surface area contributed by atoms with Crippen LogP contribution in [0, 0.1) is 11.3 Å². The van der Waals surface area contributed by atoms with Crippen molar-refractivity contribution in [2.75, 3.05) is 19.0 Å². The first kappa shape index (κ1) is 15.1. The quantitative estimate of drug-likeness (QED) is 0.606. The Morgan fingerprint density at radius 1 is 1.41 bits per heavy atom. The third-order valence-corrected chi connectivity index (χ3v) is 8.39. The number of methoxy groups -OCH3 is 1. The van der Waals surface area contributed by atoms with Crippen LogP contribution in [0.15, 0.2) is 35.9 Å². The highest BCUT2D eigenvalue weighted by Gasteiger charge is 2.92. The minimum absolute atomic E-state index is 0.124. The van der Waals surface area contributed by atoms with Gasteiger partial charge in [0, 0.05) is 24.6 Å². The first-order valence-electron chi connectivity index (χ1n) is 9.84. The van der Waals surface area contributed by atoms with Crippen LogP contribution in [0.1, 0.15) is 25.3 Å². The molecule has 0 aromatic heterocycles. The van der Waals surface area contributed by atoms with Crippen LogP contribution in [-0.2, 0) is 24.4 Å². The Labute approximate surface area is 157 Å². The molecule has 6 saturated heterocycles. The van der Waals surface area contributed by atoms with Gasteiger partial charge in [0.1, 0.15) is 11.6 Å². The largest absolute Gasteiger partial charge is 0.468 e. The zero-order chi connectivity index (χ0) is 18.2. The molecule has 1 saturated carbocycles. The van der Waals surface area contributed by atoms with Crippen molar-refractivity contribution < 1.29 is 19.0 Å². The van der Waals surface area contributed by atoms with Crippen LogP contribution in [0.25, 0.3) is 0 Å². The molecule has 1 aromatic rings. The topological polar surface area (TPSA) is 60.0 Å². The van der Waals surface area contributed by atoms with Crippen molar-refractivity contribution in [3.05, 3.63) is 41.5 Å². The molecule has 0 amide bonds. The molecular weight excluding hydrogens is 344 g/mol. The number of para-hydroxylation sites is 1. The molecule has 27 heavy (non-hydrogen) atoms. The molecular formula is C21H22N2O4. The van der Waals surface area contributed by atoms with Crippen LogP contribution in [-0.4, -0.2) is 48.8 Å². The number of fused-ring (bicyclic) bond motifs is 3. The smallest absolute Gasteiger partial charge is 0.317 e. The maximum atomic E-state index is 13.7. The second kappa shape index (κ2) is 4.24. The average molecular weight is 366 g/mol. The number of carbonyl (C=O) groups is 1. The standard InChI is InChI=1S/C21H22N2O4/c1-3-11-10-23-15-8-13(11)20(18(24)25-2)17(23)26-16-9-19(20)12-6-4-5-7-14(12)22-21(15,19)27-16/h3-7,13,15-17,22H,8-10H2,1-2H3/b11-3-/t13-,15?,16+,17?,19-,20+,21?/m0/s1. The van der Waals surface area contributed by atoms with E-state index in [0.717, 1.165) is 18.7 Å². The van der Waals surface area contributed by atoms with Gasteiger partial charge in [0.25, 0.3) is 0 Å². The molecule has 8 atom stereocenters. The lowest BCUT2D eigenvalue weighted by Crippen LogP contribution is -2.88. The van der Waals surface area contributed by atoms with Gasteiger partial charge in [0.2, 0.25) is 0 Å². The fourth-order valence-electron chi connectivity index (χ4n) is 7.80. The Morgan fingerprint density at radius 3 is 3.07 bits per heavy atom. The molecule has 7 heterocycles. The number of allylic oxidation sites excluding steroid dienone is 1. The van der Waals surface area contributed by atoms with E-state index in [1.165, 1.54) is 18.2 Å². The van der Waals surface area contributed by atoms with Crippen molar-refractivity contribution >= 4 is 11.7 Å². The first-order chi connectivity index (χ1) is 13.1. The van der Waals surface area contributed by atoms with Gasteiger partial charge in [-0.15, -0.1) is 0 Å². The number of hydrogen-bond acceptors (Lipinski definition) is 6. The normalized spacial score (nSPS) is 53.4. The van der Waals surface area contributed by atoms with Gasteiger partial charge in [-0.3, -0.25) is 9.69 Å². The molecule has 6 heteroatoms. The number of benzene rings is 1.